The zero-order chi connectivity index (χ0) is 15.9. The van der Waals surface area contributed by atoms with Gasteiger partial charge in [0.05, 0.1) is 6.54 Å². The number of hydrogen-bond donors (Lipinski definition) is 1. The second kappa shape index (κ2) is 7.51. The van der Waals surface area contributed by atoms with Gasteiger partial charge in [0.15, 0.2) is 6.61 Å². The predicted molar refractivity (Wildman–Crippen MR) is 82.0 cm³/mol. The number of aromatic nitrogens is 2. The van der Waals surface area contributed by atoms with Gasteiger partial charge in [-0.1, -0.05) is 30.3 Å². The molecule has 6 heteroatoms. The standard InChI is InChI=1S/C17H16FN3O2/c18-14-8-6-13(7-9-14)10-19-11-16-20-21-17(23-16)12-22-15-4-2-1-3-5-15/h1-9,19H,10-12H2. The summed E-state index contributed by atoms with van der Waals surface area (Å²) in [5.74, 6) is 1.42. The van der Waals surface area contributed by atoms with Crippen LogP contribution in [0.1, 0.15) is 17.3 Å². The van der Waals surface area contributed by atoms with Crippen molar-refractivity contribution < 1.29 is 13.5 Å². The molecule has 2 aromatic carbocycles. The van der Waals surface area contributed by atoms with E-state index >= 15 is 0 Å². The van der Waals surface area contributed by atoms with Crippen molar-refractivity contribution in [1.82, 2.24) is 15.5 Å². The molecule has 0 unspecified atom stereocenters. The first-order valence-corrected chi connectivity index (χ1v) is 7.24. The third-order valence-corrected chi connectivity index (χ3v) is 3.13. The summed E-state index contributed by atoms with van der Waals surface area (Å²) in [7, 11) is 0. The zero-order valence-corrected chi connectivity index (χ0v) is 12.4. The van der Waals surface area contributed by atoms with Crippen molar-refractivity contribution in [3.8, 4) is 5.75 Å². The van der Waals surface area contributed by atoms with Crippen LogP contribution in [-0.4, -0.2) is 10.2 Å². The van der Waals surface area contributed by atoms with Gasteiger partial charge in [-0.25, -0.2) is 4.39 Å². The average molecular weight is 313 g/mol. The van der Waals surface area contributed by atoms with Crippen molar-refractivity contribution in [3.05, 3.63) is 77.8 Å². The van der Waals surface area contributed by atoms with Gasteiger partial charge in [0.2, 0.25) is 5.89 Å². The SMILES string of the molecule is Fc1ccc(CNCc2nnc(COc3ccccc3)o2)cc1. The summed E-state index contributed by atoms with van der Waals surface area (Å²) in [6.07, 6.45) is 0. The highest BCUT2D eigenvalue weighted by molar-refractivity contribution is 5.20. The number of ether oxygens (including phenoxy) is 1. The molecule has 0 amide bonds. The van der Waals surface area contributed by atoms with E-state index in [1.165, 1.54) is 12.1 Å². The van der Waals surface area contributed by atoms with E-state index in [1.807, 2.05) is 30.3 Å². The Morgan fingerprint density at radius 2 is 1.65 bits per heavy atom. The highest BCUT2D eigenvalue weighted by Gasteiger charge is 2.06. The molecule has 0 saturated carbocycles. The summed E-state index contributed by atoms with van der Waals surface area (Å²) in [6.45, 7) is 1.27. The first-order valence-electron chi connectivity index (χ1n) is 7.24. The topological polar surface area (TPSA) is 60.2 Å². The normalized spacial score (nSPS) is 10.7. The second-order valence-corrected chi connectivity index (χ2v) is 4.92. The van der Waals surface area contributed by atoms with Crippen molar-refractivity contribution in [3.63, 3.8) is 0 Å². The Labute approximate surface area is 133 Å². The molecule has 0 atom stereocenters. The maximum Gasteiger partial charge on any atom is 0.253 e. The third kappa shape index (κ3) is 4.62. The number of para-hydroxylation sites is 1. The van der Waals surface area contributed by atoms with Gasteiger partial charge in [-0.2, -0.15) is 0 Å². The lowest BCUT2D eigenvalue weighted by atomic mass is 10.2. The first-order chi connectivity index (χ1) is 11.3. The van der Waals surface area contributed by atoms with E-state index < -0.39 is 0 Å². The van der Waals surface area contributed by atoms with Gasteiger partial charge in [0.25, 0.3) is 5.89 Å². The maximum absolute atomic E-state index is 12.8. The first kappa shape index (κ1) is 15.2. The van der Waals surface area contributed by atoms with Crippen LogP contribution in [0.15, 0.2) is 59.0 Å². The fourth-order valence-electron chi connectivity index (χ4n) is 2.00. The molecule has 0 aliphatic heterocycles. The molecule has 1 aromatic heterocycles. The molecule has 0 radical (unpaired) electrons. The summed E-state index contributed by atoms with van der Waals surface area (Å²) in [5, 5.41) is 11.1. The molecule has 3 rings (SSSR count). The Morgan fingerprint density at radius 1 is 0.913 bits per heavy atom. The molecule has 0 aliphatic rings. The van der Waals surface area contributed by atoms with E-state index in [4.69, 9.17) is 9.15 Å². The Morgan fingerprint density at radius 3 is 2.43 bits per heavy atom. The Bertz CT molecular complexity index is 729. The summed E-state index contributed by atoms with van der Waals surface area (Å²) < 4.78 is 23.8. The van der Waals surface area contributed by atoms with Crippen LogP contribution in [-0.2, 0) is 19.7 Å². The molecule has 0 fully saturated rings. The van der Waals surface area contributed by atoms with Crippen LogP contribution < -0.4 is 10.1 Å². The summed E-state index contributed by atoms with van der Waals surface area (Å²) in [5.41, 5.74) is 0.985. The van der Waals surface area contributed by atoms with Crippen molar-refractivity contribution in [2.24, 2.45) is 0 Å². The largest absolute Gasteiger partial charge is 0.484 e. The molecular formula is C17H16FN3O2. The highest BCUT2D eigenvalue weighted by atomic mass is 19.1. The van der Waals surface area contributed by atoms with Crippen LogP contribution in [0, 0.1) is 5.82 Å². The fraction of sp³-hybridized carbons (Fsp3) is 0.176. The van der Waals surface area contributed by atoms with E-state index in [0.29, 0.717) is 24.9 Å². The van der Waals surface area contributed by atoms with E-state index in [1.54, 1.807) is 12.1 Å². The molecule has 23 heavy (non-hydrogen) atoms. The van der Waals surface area contributed by atoms with Crippen LogP contribution in [0.25, 0.3) is 0 Å². The number of rotatable bonds is 7. The maximum atomic E-state index is 12.8. The van der Waals surface area contributed by atoms with Crippen molar-refractivity contribution >= 4 is 0 Å². The quantitative estimate of drug-likeness (QED) is 0.726. The van der Waals surface area contributed by atoms with Gasteiger partial charge in [-0.05, 0) is 29.8 Å². The average Bonchev–Trinajstić information content (AvgIpc) is 3.04. The Hall–Kier alpha value is -2.73. The lowest BCUT2D eigenvalue weighted by Crippen LogP contribution is -2.12. The molecule has 3 aromatic rings. The van der Waals surface area contributed by atoms with Crippen molar-refractivity contribution in [2.45, 2.75) is 19.7 Å². The zero-order valence-electron chi connectivity index (χ0n) is 12.4. The van der Waals surface area contributed by atoms with E-state index in [0.717, 1.165) is 11.3 Å². The van der Waals surface area contributed by atoms with Crippen LogP contribution >= 0.6 is 0 Å². The van der Waals surface area contributed by atoms with Crippen LogP contribution in [0.3, 0.4) is 0 Å². The molecule has 0 bridgehead atoms. The Kier molecular flexibility index (Phi) is 4.95. The number of hydrogen-bond acceptors (Lipinski definition) is 5. The number of halogens is 1. The second-order valence-electron chi connectivity index (χ2n) is 4.92. The lowest BCUT2D eigenvalue weighted by molar-refractivity contribution is 0.258. The van der Waals surface area contributed by atoms with Crippen LogP contribution in [0.2, 0.25) is 0 Å². The smallest absolute Gasteiger partial charge is 0.253 e. The molecule has 118 valence electrons. The van der Waals surface area contributed by atoms with Gasteiger partial charge in [0, 0.05) is 6.54 Å². The minimum absolute atomic E-state index is 0.231. The van der Waals surface area contributed by atoms with Crippen molar-refractivity contribution in [1.29, 1.82) is 0 Å². The van der Waals surface area contributed by atoms with Gasteiger partial charge in [-0.15, -0.1) is 10.2 Å². The molecule has 0 spiro atoms. The fourth-order valence-corrected chi connectivity index (χ4v) is 2.00. The van der Waals surface area contributed by atoms with E-state index in [-0.39, 0.29) is 12.4 Å². The lowest BCUT2D eigenvalue weighted by Gasteiger charge is -2.02. The molecule has 5 nitrogen and oxygen atoms in total. The molecule has 1 heterocycles. The molecule has 0 aliphatic carbocycles. The minimum atomic E-state index is -0.242. The highest BCUT2D eigenvalue weighted by Crippen LogP contribution is 2.11. The molecule has 0 saturated heterocycles. The summed E-state index contributed by atoms with van der Waals surface area (Å²) in [4.78, 5) is 0. The van der Waals surface area contributed by atoms with Crippen molar-refractivity contribution in [2.75, 3.05) is 0 Å². The monoisotopic (exact) mass is 313 g/mol. The van der Waals surface area contributed by atoms with Crippen LogP contribution in [0.5, 0.6) is 5.75 Å². The van der Waals surface area contributed by atoms with Gasteiger partial charge in [0.1, 0.15) is 11.6 Å². The summed E-state index contributed by atoms with van der Waals surface area (Å²) in [6, 6.07) is 15.8. The summed E-state index contributed by atoms with van der Waals surface area (Å²) >= 11 is 0. The van der Waals surface area contributed by atoms with Gasteiger partial charge in [-0.3, -0.25) is 0 Å². The number of benzene rings is 2. The third-order valence-electron chi connectivity index (χ3n) is 3.13. The van der Waals surface area contributed by atoms with Gasteiger partial charge >= 0.3 is 0 Å². The molecule has 1 N–H and O–H groups in total. The van der Waals surface area contributed by atoms with E-state index in [9.17, 15) is 4.39 Å². The number of nitrogens with zero attached hydrogens (tertiary/aromatic N) is 2. The minimum Gasteiger partial charge on any atom is -0.484 e. The van der Waals surface area contributed by atoms with E-state index in [2.05, 4.69) is 15.5 Å². The predicted octanol–water partition coefficient (Wildman–Crippen LogP) is 3.08. The molecular weight excluding hydrogens is 297 g/mol. The van der Waals surface area contributed by atoms with Gasteiger partial charge < -0.3 is 14.5 Å². The Balaban J connectivity index is 1.44. The van der Waals surface area contributed by atoms with Crippen LogP contribution in [0.4, 0.5) is 4.39 Å². The number of nitrogens with one attached hydrogen (secondary N) is 1.